The minimum Gasteiger partial charge on any atom is -0.0616 e. The molecule has 0 radical (unpaired) electrons. The van der Waals surface area contributed by atoms with E-state index < -0.39 is 0 Å². The molecule has 0 aliphatic carbocycles. The molecule has 0 unspecified atom stereocenters. The van der Waals surface area contributed by atoms with E-state index in [2.05, 4.69) is 279 Å². The number of fused-ring (bicyclic) bond motifs is 8. The normalized spacial score (nSPS) is 12.2. The molecule has 18 rings (SSSR count). The Morgan fingerprint density at radius 1 is 0.150 bits per heavy atom. The molecule has 18 aromatic carbocycles. The van der Waals surface area contributed by atoms with Crippen LogP contribution in [-0.4, -0.2) is 0 Å². The summed E-state index contributed by atoms with van der Waals surface area (Å²) in [5, 5.41) is 33.3. The smallest absolute Gasteiger partial charge is 0.00139 e. The lowest BCUT2D eigenvalue weighted by Crippen LogP contribution is -2.11. The van der Waals surface area contributed by atoms with Gasteiger partial charge in [0.2, 0.25) is 0 Å². The van der Waals surface area contributed by atoms with E-state index in [4.69, 9.17) is 0 Å². The molecule has 0 heteroatoms. The first-order valence-electron chi connectivity index (χ1n) is 28.0. The van der Waals surface area contributed by atoms with Crippen molar-refractivity contribution < 1.29 is 0 Å². The van der Waals surface area contributed by atoms with E-state index in [0.717, 1.165) is 0 Å². The van der Waals surface area contributed by atoms with Crippen LogP contribution in [0.5, 0.6) is 0 Å². The summed E-state index contributed by atoms with van der Waals surface area (Å²) in [6, 6.07) is 100. The highest BCUT2D eigenvalue weighted by molar-refractivity contribution is 6.35. The SMILES string of the molecule is C(c1c2ccccc2c(-c2c3ccccc3c(-c3c4ccccc4c(-c4c5ccccc5c(C=c5c6cccc7cccc5c76)c5ccccc45)c4ccccc34)c3ccccc23)c2ccccc12)=c1c2cccc3cccc1c32. The number of hydrogen-bond donors (Lipinski definition) is 0. The van der Waals surface area contributed by atoms with Crippen LogP contribution >= 0.6 is 0 Å². The zero-order valence-electron chi connectivity index (χ0n) is 43.6. The van der Waals surface area contributed by atoms with Gasteiger partial charge in [0.25, 0.3) is 0 Å². The summed E-state index contributed by atoms with van der Waals surface area (Å²) in [6.45, 7) is 0. The molecule has 0 bridgehead atoms. The molecule has 0 fully saturated rings. The molecule has 0 N–H and O–H groups in total. The van der Waals surface area contributed by atoms with Gasteiger partial charge in [-0.1, -0.05) is 267 Å². The van der Waals surface area contributed by atoms with Crippen LogP contribution in [0.4, 0.5) is 0 Å². The van der Waals surface area contributed by atoms with Crippen LogP contribution in [0.1, 0.15) is 11.1 Å². The molecular formula is C80H46. The molecule has 0 aliphatic rings. The molecular weight excluding hydrogens is 961 g/mol. The molecule has 0 atom stereocenters. The highest BCUT2D eigenvalue weighted by Crippen LogP contribution is 2.54. The molecule has 0 aromatic heterocycles. The molecule has 0 spiro atoms. The second-order valence-corrected chi connectivity index (χ2v) is 22.0. The molecule has 0 saturated heterocycles. The van der Waals surface area contributed by atoms with Gasteiger partial charge in [-0.25, -0.2) is 0 Å². The molecule has 0 saturated carbocycles. The van der Waals surface area contributed by atoms with Crippen LogP contribution in [0, 0.1) is 0 Å². The Hall–Kier alpha value is -10.4. The van der Waals surface area contributed by atoms with Crippen molar-refractivity contribution in [3.05, 3.63) is 288 Å². The molecule has 0 nitrogen and oxygen atoms in total. The van der Waals surface area contributed by atoms with Gasteiger partial charge in [0.15, 0.2) is 0 Å². The molecule has 0 aliphatic heterocycles. The fourth-order valence-corrected chi connectivity index (χ4v) is 14.9. The van der Waals surface area contributed by atoms with Gasteiger partial charge in [0.05, 0.1) is 0 Å². The average Bonchev–Trinajstić information content (AvgIpc) is 3.67. The van der Waals surface area contributed by atoms with Gasteiger partial charge in [-0.05, 0) is 196 Å². The number of rotatable bonds is 5. The fourth-order valence-electron chi connectivity index (χ4n) is 14.9. The van der Waals surface area contributed by atoms with Crippen LogP contribution in [0.15, 0.2) is 267 Å². The van der Waals surface area contributed by atoms with Crippen LogP contribution in [-0.2, 0) is 0 Å². The molecule has 0 amide bonds. The van der Waals surface area contributed by atoms with E-state index in [1.807, 2.05) is 0 Å². The van der Waals surface area contributed by atoms with E-state index in [0.29, 0.717) is 0 Å². The third-order valence-corrected chi connectivity index (χ3v) is 18.1. The van der Waals surface area contributed by atoms with Gasteiger partial charge >= 0.3 is 0 Å². The lowest BCUT2D eigenvalue weighted by Gasteiger charge is -2.24. The summed E-state index contributed by atoms with van der Waals surface area (Å²) in [4.78, 5) is 0. The third kappa shape index (κ3) is 5.89. The fraction of sp³-hybridized carbons (Fsp3) is 0. The number of hydrogen-bond acceptors (Lipinski definition) is 0. The maximum absolute atomic E-state index is 2.47. The zero-order chi connectivity index (χ0) is 52.2. The van der Waals surface area contributed by atoms with E-state index in [1.54, 1.807) is 0 Å². The van der Waals surface area contributed by atoms with Crippen molar-refractivity contribution in [2.24, 2.45) is 0 Å². The summed E-state index contributed by atoms with van der Waals surface area (Å²) < 4.78 is 0. The van der Waals surface area contributed by atoms with Gasteiger partial charge in [-0.15, -0.1) is 0 Å². The Labute approximate surface area is 460 Å². The minimum absolute atomic E-state index is 1.24. The van der Waals surface area contributed by atoms with Crippen molar-refractivity contribution in [3.8, 4) is 33.4 Å². The molecule has 0 heterocycles. The topological polar surface area (TPSA) is 0 Å². The Balaban J connectivity index is 0.926. The summed E-state index contributed by atoms with van der Waals surface area (Å²) in [5.74, 6) is 0. The van der Waals surface area contributed by atoms with Crippen molar-refractivity contribution in [2.75, 3.05) is 0 Å². The lowest BCUT2D eigenvalue weighted by atomic mass is 9.78. The molecule has 80 heavy (non-hydrogen) atoms. The summed E-state index contributed by atoms with van der Waals surface area (Å²) in [5.41, 5.74) is 10.1. The zero-order valence-corrected chi connectivity index (χ0v) is 43.6. The van der Waals surface area contributed by atoms with Gasteiger partial charge in [-0.2, -0.15) is 0 Å². The van der Waals surface area contributed by atoms with E-state index in [-0.39, 0.29) is 0 Å². The highest BCUT2D eigenvalue weighted by Gasteiger charge is 2.27. The summed E-state index contributed by atoms with van der Waals surface area (Å²) in [6.07, 6.45) is 4.94. The lowest BCUT2D eigenvalue weighted by molar-refractivity contribution is 1.68. The Bertz CT molecular complexity index is 5100. The van der Waals surface area contributed by atoms with E-state index in [1.165, 1.54) is 184 Å². The van der Waals surface area contributed by atoms with Crippen molar-refractivity contribution >= 4 is 141 Å². The van der Waals surface area contributed by atoms with Gasteiger partial charge in [0, 0.05) is 0 Å². The minimum atomic E-state index is 1.24. The van der Waals surface area contributed by atoms with Crippen LogP contribution in [0.3, 0.4) is 0 Å². The number of benzene rings is 16. The predicted octanol–water partition coefficient (Wildman–Crippen LogP) is 20.5. The summed E-state index contributed by atoms with van der Waals surface area (Å²) >= 11 is 0. The van der Waals surface area contributed by atoms with Gasteiger partial charge in [-0.3, -0.25) is 0 Å². The average molecular weight is 1010 g/mol. The maximum atomic E-state index is 2.47. The Kier molecular flexibility index (Phi) is 9.04. The monoisotopic (exact) mass is 1010 g/mol. The van der Waals surface area contributed by atoms with Crippen molar-refractivity contribution in [2.45, 2.75) is 0 Å². The van der Waals surface area contributed by atoms with Crippen molar-refractivity contribution in [3.63, 3.8) is 0 Å². The Morgan fingerprint density at radius 3 is 0.512 bits per heavy atom. The summed E-state index contributed by atoms with van der Waals surface area (Å²) in [7, 11) is 0. The standard InChI is InChI=1S/C80H46/c1-5-29-53-49(25-1)69(45-71-65-41-17-21-47-22-18-42-66(71)73(47)65)50-26-2-6-30-54(50)75(53)77-57-33-9-13-37-61(57)79(62-38-14-10-34-58(62)77)80-63-39-15-11-35-59(63)78(60-36-12-16-40-64(60)80)76-55-31-7-3-27-51(55)70(52-28-4-8-32-56(52)76)46-72-67-43-19-23-48-24-20-44-68(72)74(48)67/h1-46H. The first-order valence-corrected chi connectivity index (χ1v) is 28.0. The van der Waals surface area contributed by atoms with Crippen LogP contribution in [0.2, 0.25) is 0 Å². The first kappa shape index (κ1) is 43.7. The van der Waals surface area contributed by atoms with E-state index >= 15 is 0 Å². The van der Waals surface area contributed by atoms with Crippen LogP contribution in [0.25, 0.3) is 175 Å². The maximum Gasteiger partial charge on any atom is -0.00139 e. The van der Waals surface area contributed by atoms with Crippen molar-refractivity contribution in [1.82, 2.24) is 0 Å². The van der Waals surface area contributed by atoms with Crippen LogP contribution < -0.4 is 10.4 Å². The Morgan fingerprint density at radius 2 is 0.312 bits per heavy atom. The highest BCUT2D eigenvalue weighted by atomic mass is 14.3. The molecule has 18 aromatic rings. The van der Waals surface area contributed by atoms with Gasteiger partial charge in [0.1, 0.15) is 0 Å². The second kappa shape index (κ2) is 16.6. The first-order chi connectivity index (χ1) is 39.8. The van der Waals surface area contributed by atoms with Crippen molar-refractivity contribution in [1.29, 1.82) is 0 Å². The third-order valence-electron chi connectivity index (χ3n) is 18.1. The van der Waals surface area contributed by atoms with Gasteiger partial charge < -0.3 is 0 Å². The van der Waals surface area contributed by atoms with E-state index in [9.17, 15) is 0 Å². The molecule has 366 valence electrons. The second-order valence-electron chi connectivity index (χ2n) is 22.0. The predicted molar refractivity (Wildman–Crippen MR) is 346 cm³/mol. The largest absolute Gasteiger partial charge is 0.0616 e. The quantitative estimate of drug-likeness (QED) is 0.151.